The highest BCUT2D eigenvalue weighted by Crippen LogP contribution is 2.05. The van der Waals surface area contributed by atoms with Gasteiger partial charge in [0.15, 0.2) is 0 Å². The molecule has 0 aliphatic heterocycles. The molecule has 0 bridgehead atoms. The molecule has 3 N–H and O–H groups in total. The summed E-state index contributed by atoms with van der Waals surface area (Å²) in [5.74, 6) is 4.70. The molecule has 126 valence electrons. The summed E-state index contributed by atoms with van der Waals surface area (Å²) in [7, 11) is 3.92. The van der Waals surface area contributed by atoms with E-state index >= 15 is 0 Å². The number of nitrogens with two attached hydrogens (primary N) is 1. The maximum absolute atomic E-state index is 11.6. The van der Waals surface area contributed by atoms with E-state index in [0.29, 0.717) is 29.6 Å². The highest BCUT2D eigenvalue weighted by atomic mass is 16.6. The van der Waals surface area contributed by atoms with Crippen LogP contribution in [-0.4, -0.2) is 60.8 Å². The molecule has 0 saturated carbocycles. The SMILES string of the molecule is C=C(C)C(=O)N(N)CCC[N+](C)(C)CCOC(O)=C(C#N)C#N. The molecule has 0 spiro atoms. The molecule has 0 aromatic carbocycles. The molecule has 0 heterocycles. The molecule has 0 aromatic heterocycles. The monoisotopic (exact) mass is 322 g/mol. The number of aliphatic hydroxyl groups is 1. The number of quaternary nitrogens is 1. The summed E-state index contributed by atoms with van der Waals surface area (Å²) >= 11 is 0. The van der Waals surface area contributed by atoms with Crippen molar-refractivity contribution in [3.63, 3.8) is 0 Å². The average Bonchev–Trinajstić information content (AvgIpc) is 2.46. The largest absolute Gasteiger partial charge is 0.479 e. The van der Waals surface area contributed by atoms with Gasteiger partial charge in [0.2, 0.25) is 5.57 Å². The minimum Gasteiger partial charge on any atom is -0.479 e. The van der Waals surface area contributed by atoms with Crippen LogP contribution in [0.15, 0.2) is 23.7 Å². The van der Waals surface area contributed by atoms with Crippen molar-refractivity contribution in [2.45, 2.75) is 13.3 Å². The summed E-state index contributed by atoms with van der Waals surface area (Å²) in [5.41, 5.74) is -0.0601. The van der Waals surface area contributed by atoms with Crippen LogP contribution in [0, 0.1) is 22.7 Å². The van der Waals surface area contributed by atoms with Gasteiger partial charge >= 0.3 is 5.95 Å². The molecule has 0 atom stereocenters. The molecule has 0 rings (SSSR count). The molecule has 0 radical (unpaired) electrons. The number of hydrazine groups is 1. The second kappa shape index (κ2) is 9.46. The Morgan fingerprint density at radius 1 is 1.35 bits per heavy atom. The fourth-order valence-electron chi connectivity index (χ4n) is 1.71. The first-order valence-corrected chi connectivity index (χ1v) is 7.05. The number of likely N-dealkylation sites (N-methyl/N-ethyl adjacent to an activating group) is 1. The number of carbonyl (C=O) groups excluding carboxylic acids is 1. The van der Waals surface area contributed by atoms with E-state index in [4.69, 9.17) is 21.1 Å². The van der Waals surface area contributed by atoms with Crippen molar-refractivity contribution < 1.29 is 19.1 Å². The number of ether oxygens (including phenoxy) is 1. The Morgan fingerprint density at radius 3 is 2.39 bits per heavy atom. The number of rotatable bonds is 9. The third kappa shape index (κ3) is 7.86. The first kappa shape index (κ1) is 20.5. The Labute approximate surface area is 136 Å². The Balaban J connectivity index is 4.24. The zero-order chi connectivity index (χ0) is 18.0. The number of nitrogens with zero attached hydrogens (tertiary/aromatic N) is 4. The van der Waals surface area contributed by atoms with Crippen LogP contribution in [0.4, 0.5) is 0 Å². The maximum atomic E-state index is 11.6. The molecule has 23 heavy (non-hydrogen) atoms. The van der Waals surface area contributed by atoms with Crippen LogP contribution >= 0.6 is 0 Å². The van der Waals surface area contributed by atoms with Gasteiger partial charge in [0.1, 0.15) is 25.3 Å². The van der Waals surface area contributed by atoms with E-state index in [2.05, 4.69) is 6.58 Å². The summed E-state index contributed by atoms with van der Waals surface area (Å²) < 4.78 is 5.56. The van der Waals surface area contributed by atoms with Gasteiger partial charge < -0.3 is 14.3 Å². The Kier molecular flexibility index (Phi) is 8.41. The summed E-state index contributed by atoms with van der Waals surface area (Å²) in [6.07, 6.45) is 0.686. The number of hydrogen-bond acceptors (Lipinski definition) is 6. The molecule has 0 aromatic rings. The molecular weight excluding hydrogens is 298 g/mol. The van der Waals surface area contributed by atoms with E-state index in [1.54, 1.807) is 19.1 Å². The van der Waals surface area contributed by atoms with Gasteiger partial charge in [-0.3, -0.25) is 9.80 Å². The first-order chi connectivity index (χ1) is 10.6. The molecule has 1 amide bonds. The molecular formula is C15H24N5O3+. The van der Waals surface area contributed by atoms with Crippen molar-refractivity contribution in [2.24, 2.45) is 5.84 Å². The molecule has 8 nitrogen and oxygen atoms in total. The second-order valence-electron chi connectivity index (χ2n) is 5.77. The van der Waals surface area contributed by atoms with Crippen LogP contribution in [0.1, 0.15) is 13.3 Å². The van der Waals surface area contributed by atoms with Crippen molar-refractivity contribution in [1.29, 1.82) is 10.5 Å². The third-order valence-electron chi connectivity index (χ3n) is 3.16. The topological polar surface area (TPSA) is 123 Å². The number of carbonyl (C=O) groups is 1. The van der Waals surface area contributed by atoms with Crippen molar-refractivity contribution in [2.75, 3.05) is 40.3 Å². The van der Waals surface area contributed by atoms with Gasteiger partial charge in [-0.1, -0.05) is 6.58 Å². The van der Waals surface area contributed by atoms with Crippen LogP contribution < -0.4 is 5.84 Å². The van der Waals surface area contributed by atoms with E-state index in [9.17, 15) is 9.90 Å². The van der Waals surface area contributed by atoms with Crippen molar-refractivity contribution >= 4 is 5.91 Å². The van der Waals surface area contributed by atoms with Gasteiger partial charge in [0.25, 0.3) is 5.91 Å². The predicted molar refractivity (Wildman–Crippen MR) is 84.0 cm³/mol. The number of nitriles is 2. The fourth-order valence-corrected chi connectivity index (χ4v) is 1.71. The third-order valence-corrected chi connectivity index (χ3v) is 3.16. The number of hydrogen-bond donors (Lipinski definition) is 2. The van der Waals surface area contributed by atoms with Crippen LogP contribution in [0.25, 0.3) is 0 Å². The Bertz CT molecular complexity index is 538. The highest BCUT2D eigenvalue weighted by molar-refractivity contribution is 5.91. The van der Waals surface area contributed by atoms with Gasteiger partial charge in [0, 0.05) is 18.5 Å². The molecule has 0 fully saturated rings. The van der Waals surface area contributed by atoms with Crippen LogP contribution in [0.2, 0.25) is 0 Å². The molecule has 8 heteroatoms. The van der Waals surface area contributed by atoms with E-state index in [1.165, 1.54) is 0 Å². The minimum absolute atomic E-state index is 0.155. The Hall–Kier alpha value is -2.55. The smallest absolute Gasteiger partial charge is 0.306 e. The average molecular weight is 322 g/mol. The summed E-state index contributed by atoms with van der Waals surface area (Å²) in [5, 5.41) is 27.7. The van der Waals surface area contributed by atoms with Gasteiger partial charge in [-0.05, 0) is 6.92 Å². The van der Waals surface area contributed by atoms with Crippen LogP contribution in [0.3, 0.4) is 0 Å². The number of amides is 1. The van der Waals surface area contributed by atoms with Gasteiger partial charge in [0.05, 0.1) is 20.6 Å². The van der Waals surface area contributed by atoms with Gasteiger partial charge in [-0.2, -0.15) is 10.5 Å². The van der Waals surface area contributed by atoms with Crippen molar-refractivity contribution in [3.05, 3.63) is 23.7 Å². The molecule has 0 aliphatic carbocycles. The zero-order valence-electron chi connectivity index (χ0n) is 13.9. The lowest BCUT2D eigenvalue weighted by atomic mass is 10.3. The van der Waals surface area contributed by atoms with E-state index in [-0.39, 0.29) is 12.5 Å². The van der Waals surface area contributed by atoms with Crippen molar-refractivity contribution in [3.8, 4) is 12.1 Å². The summed E-state index contributed by atoms with van der Waals surface area (Å²) in [4.78, 5) is 11.6. The molecule has 0 unspecified atom stereocenters. The molecule has 0 saturated heterocycles. The fraction of sp³-hybridized carbons (Fsp3) is 0.533. The van der Waals surface area contributed by atoms with E-state index in [1.807, 2.05) is 14.1 Å². The Morgan fingerprint density at radius 2 is 1.91 bits per heavy atom. The van der Waals surface area contributed by atoms with Crippen molar-refractivity contribution in [1.82, 2.24) is 5.01 Å². The standard InChI is InChI=1S/C15H23N5O3/c1-12(2)14(21)19(18)6-5-7-20(3,4)8-9-23-15(22)13(10-16)11-17/h1,5-9,18H2,2-4H3/p+1. The summed E-state index contributed by atoms with van der Waals surface area (Å²) in [6.45, 7) is 7.00. The quantitative estimate of drug-likeness (QED) is 0.122. The van der Waals surface area contributed by atoms with Crippen LogP contribution in [0.5, 0.6) is 0 Å². The van der Waals surface area contributed by atoms with Crippen LogP contribution in [-0.2, 0) is 9.53 Å². The highest BCUT2D eigenvalue weighted by Gasteiger charge is 2.17. The van der Waals surface area contributed by atoms with E-state index < -0.39 is 11.5 Å². The summed E-state index contributed by atoms with van der Waals surface area (Å²) in [6, 6.07) is 3.09. The molecule has 0 aliphatic rings. The van der Waals surface area contributed by atoms with Gasteiger partial charge in [-0.15, -0.1) is 0 Å². The number of aliphatic hydroxyl groups excluding tert-OH is 1. The lowest BCUT2D eigenvalue weighted by molar-refractivity contribution is -0.890. The lowest BCUT2D eigenvalue weighted by Gasteiger charge is -2.30. The first-order valence-electron chi connectivity index (χ1n) is 7.05. The predicted octanol–water partition coefficient (Wildman–Crippen LogP) is 0.565. The zero-order valence-corrected chi connectivity index (χ0v) is 13.9. The van der Waals surface area contributed by atoms with E-state index in [0.717, 1.165) is 11.6 Å². The number of allylic oxidation sites excluding steroid dienone is 1. The van der Waals surface area contributed by atoms with Gasteiger partial charge in [-0.25, -0.2) is 5.84 Å². The lowest BCUT2D eigenvalue weighted by Crippen LogP contribution is -2.45. The minimum atomic E-state index is -0.657. The normalized spacial score (nSPS) is 10.2. The maximum Gasteiger partial charge on any atom is 0.306 e. The second-order valence-corrected chi connectivity index (χ2v) is 5.77.